The van der Waals surface area contributed by atoms with E-state index in [0.29, 0.717) is 18.2 Å². The lowest BCUT2D eigenvalue weighted by Crippen LogP contribution is -2.40. The van der Waals surface area contributed by atoms with Gasteiger partial charge in [0.05, 0.1) is 11.9 Å². The summed E-state index contributed by atoms with van der Waals surface area (Å²) in [7, 11) is 1.86. The van der Waals surface area contributed by atoms with Crippen molar-refractivity contribution in [1.82, 2.24) is 24.9 Å². The summed E-state index contributed by atoms with van der Waals surface area (Å²) in [5, 5.41) is 12.1. The number of likely N-dealkylation sites (tertiary alicyclic amines) is 1. The van der Waals surface area contributed by atoms with Crippen molar-refractivity contribution < 1.29 is 4.79 Å². The van der Waals surface area contributed by atoms with E-state index in [1.807, 2.05) is 42.4 Å². The highest BCUT2D eigenvalue weighted by Gasteiger charge is 2.29. The number of nitrogens with zero attached hydrogens (tertiary/aromatic N) is 4. The topological polar surface area (TPSA) is 66.8 Å². The summed E-state index contributed by atoms with van der Waals surface area (Å²) < 4.78 is 1.73. The van der Waals surface area contributed by atoms with Crippen molar-refractivity contribution in [2.24, 2.45) is 13.0 Å². The Balaban J connectivity index is 1.53. The standard InChI is InChI=1S/C23H29N5O/c1-16(2)12-19-13-21(27(3)26-19)23(29)28-11-7-10-18(15-28)22-20(14-24-25-22)17-8-5-4-6-9-17/h4-6,8-9,13-14,16,18H,7,10-12,15H2,1-3H3,(H,24,25). The van der Waals surface area contributed by atoms with E-state index in [1.54, 1.807) is 4.68 Å². The minimum absolute atomic E-state index is 0.0699. The SMILES string of the molecule is CC(C)Cc1cc(C(=O)N2CCCC(c3[nH]ncc3-c3ccccc3)C2)n(C)n1. The molecule has 1 aromatic carbocycles. The van der Waals surface area contributed by atoms with Gasteiger partial charge >= 0.3 is 0 Å². The maximum Gasteiger partial charge on any atom is 0.272 e. The minimum Gasteiger partial charge on any atom is -0.337 e. The van der Waals surface area contributed by atoms with E-state index in [4.69, 9.17) is 0 Å². The van der Waals surface area contributed by atoms with Gasteiger partial charge in [-0.1, -0.05) is 44.2 Å². The van der Waals surface area contributed by atoms with Crippen LogP contribution in [0, 0.1) is 5.92 Å². The molecule has 1 aliphatic rings. The zero-order chi connectivity index (χ0) is 20.4. The fourth-order valence-electron chi connectivity index (χ4n) is 4.26. The van der Waals surface area contributed by atoms with Crippen LogP contribution in [-0.4, -0.2) is 43.9 Å². The number of piperidine rings is 1. The molecule has 1 atom stereocenters. The van der Waals surface area contributed by atoms with Crippen molar-refractivity contribution in [1.29, 1.82) is 0 Å². The molecule has 1 unspecified atom stereocenters. The summed E-state index contributed by atoms with van der Waals surface area (Å²) in [5.74, 6) is 0.846. The number of aryl methyl sites for hydroxylation is 1. The van der Waals surface area contributed by atoms with E-state index in [2.05, 4.69) is 41.3 Å². The number of benzene rings is 1. The zero-order valence-electron chi connectivity index (χ0n) is 17.4. The first-order valence-electron chi connectivity index (χ1n) is 10.4. The van der Waals surface area contributed by atoms with E-state index in [0.717, 1.165) is 48.3 Å². The predicted octanol–water partition coefficient (Wildman–Crippen LogP) is 4.03. The molecule has 6 heteroatoms. The number of rotatable bonds is 5. The third-order valence-corrected chi connectivity index (χ3v) is 5.64. The molecular formula is C23H29N5O. The Morgan fingerprint density at radius 2 is 2.07 bits per heavy atom. The van der Waals surface area contributed by atoms with Crippen LogP contribution in [0.3, 0.4) is 0 Å². The number of H-pyrrole nitrogens is 1. The lowest BCUT2D eigenvalue weighted by atomic mass is 9.90. The van der Waals surface area contributed by atoms with Gasteiger partial charge in [0.2, 0.25) is 0 Å². The monoisotopic (exact) mass is 391 g/mol. The van der Waals surface area contributed by atoms with Crippen LogP contribution in [-0.2, 0) is 13.5 Å². The highest BCUT2D eigenvalue weighted by molar-refractivity contribution is 5.92. The molecule has 0 radical (unpaired) electrons. The van der Waals surface area contributed by atoms with Crippen molar-refractivity contribution in [3.8, 4) is 11.1 Å². The molecule has 0 aliphatic carbocycles. The highest BCUT2D eigenvalue weighted by Crippen LogP contribution is 2.33. The van der Waals surface area contributed by atoms with E-state index < -0.39 is 0 Å². The van der Waals surface area contributed by atoms with Gasteiger partial charge in [-0.2, -0.15) is 10.2 Å². The third-order valence-electron chi connectivity index (χ3n) is 5.64. The Labute approximate surface area is 171 Å². The second-order valence-electron chi connectivity index (χ2n) is 8.40. The van der Waals surface area contributed by atoms with Gasteiger partial charge < -0.3 is 4.90 Å². The van der Waals surface area contributed by atoms with Gasteiger partial charge in [-0.25, -0.2) is 0 Å². The molecule has 1 aliphatic heterocycles. The number of aromatic amines is 1. The van der Waals surface area contributed by atoms with Gasteiger partial charge in [0.25, 0.3) is 5.91 Å². The van der Waals surface area contributed by atoms with Crippen LogP contribution < -0.4 is 0 Å². The third kappa shape index (κ3) is 4.11. The van der Waals surface area contributed by atoms with E-state index in [-0.39, 0.29) is 11.8 Å². The summed E-state index contributed by atoms with van der Waals surface area (Å²) >= 11 is 0. The fraction of sp³-hybridized carbons (Fsp3) is 0.435. The van der Waals surface area contributed by atoms with Crippen molar-refractivity contribution in [3.05, 3.63) is 59.7 Å². The molecule has 29 heavy (non-hydrogen) atoms. The van der Waals surface area contributed by atoms with Gasteiger partial charge in [-0.3, -0.25) is 14.6 Å². The maximum absolute atomic E-state index is 13.2. The van der Waals surface area contributed by atoms with Crippen LogP contribution >= 0.6 is 0 Å². The average molecular weight is 392 g/mol. The molecule has 4 rings (SSSR count). The molecule has 1 N–H and O–H groups in total. The normalized spacial score (nSPS) is 17.1. The molecule has 1 fully saturated rings. The largest absolute Gasteiger partial charge is 0.337 e. The summed E-state index contributed by atoms with van der Waals surface area (Å²) in [6, 6.07) is 12.3. The summed E-state index contributed by atoms with van der Waals surface area (Å²) in [5.41, 5.74) is 5.07. The molecule has 0 bridgehead atoms. The molecule has 152 valence electrons. The number of nitrogens with one attached hydrogen (secondary N) is 1. The molecule has 3 heterocycles. The van der Waals surface area contributed by atoms with Gasteiger partial charge in [0.1, 0.15) is 5.69 Å². The van der Waals surface area contributed by atoms with Crippen molar-refractivity contribution in [2.75, 3.05) is 13.1 Å². The fourth-order valence-corrected chi connectivity index (χ4v) is 4.26. The van der Waals surface area contributed by atoms with Gasteiger partial charge in [-0.05, 0) is 36.8 Å². The summed E-state index contributed by atoms with van der Waals surface area (Å²) in [6.45, 7) is 5.82. The van der Waals surface area contributed by atoms with Crippen LogP contribution in [0.15, 0.2) is 42.6 Å². The lowest BCUT2D eigenvalue weighted by Gasteiger charge is -2.32. The predicted molar refractivity (Wildman–Crippen MR) is 114 cm³/mol. The van der Waals surface area contributed by atoms with E-state index in [1.165, 1.54) is 0 Å². The second kappa shape index (κ2) is 8.23. The van der Waals surface area contributed by atoms with Gasteiger partial charge in [0.15, 0.2) is 0 Å². The Hall–Kier alpha value is -2.89. The molecule has 0 spiro atoms. The second-order valence-corrected chi connectivity index (χ2v) is 8.40. The van der Waals surface area contributed by atoms with Crippen molar-refractivity contribution in [3.63, 3.8) is 0 Å². The van der Waals surface area contributed by atoms with Crippen LogP contribution in [0.1, 0.15) is 54.5 Å². The van der Waals surface area contributed by atoms with Gasteiger partial charge in [-0.15, -0.1) is 0 Å². The number of hydrogen-bond acceptors (Lipinski definition) is 3. The van der Waals surface area contributed by atoms with Crippen LogP contribution in [0.5, 0.6) is 0 Å². The summed E-state index contributed by atoms with van der Waals surface area (Å²) in [6.07, 6.45) is 4.82. The molecule has 6 nitrogen and oxygen atoms in total. The summed E-state index contributed by atoms with van der Waals surface area (Å²) in [4.78, 5) is 15.2. The molecule has 2 aromatic heterocycles. The number of amides is 1. The Bertz CT molecular complexity index is 972. The Kier molecular flexibility index (Phi) is 5.51. The Morgan fingerprint density at radius 1 is 1.28 bits per heavy atom. The lowest BCUT2D eigenvalue weighted by molar-refractivity contribution is 0.0695. The average Bonchev–Trinajstić information content (AvgIpc) is 3.34. The quantitative estimate of drug-likeness (QED) is 0.714. The molecule has 3 aromatic rings. The maximum atomic E-state index is 13.2. The first-order chi connectivity index (χ1) is 14.0. The number of hydrogen-bond donors (Lipinski definition) is 1. The molecular weight excluding hydrogens is 362 g/mol. The first-order valence-corrected chi connectivity index (χ1v) is 10.4. The van der Waals surface area contributed by atoms with Crippen LogP contribution in [0.2, 0.25) is 0 Å². The number of carbonyl (C=O) groups excluding carboxylic acids is 1. The zero-order valence-corrected chi connectivity index (χ0v) is 17.4. The Morgan fingerprint density at radius 3 is 2.83 bits per heavy atom. The minimum atomic E-state index is 0.0699. The molecule has 1 saturated heterocycles. The van der Waals surface area contributed by atoms with Gasteiger partial charge in [0, 0.05) is 37.3 Å². The number of aromatic nitrogens is 4. The molecule has 0 saturated carbocycles. The van der Waals surface area contributed by atoms with E-state index >= 15 is 0 Å². The smallest absolute Gasteiger partial charge is 0.272 e. The van der Waals surface area contributed by atoms with Crippen molar-refractivity contribution >= 4 is 5.91 Å². The highest BCUT2D eigenvalue weighted by atomic mass is 16.2. The number of carbonyl (C=O) groups is 1. The van der Waals surface area contributed by atoms with Crippen molar-refractivity contribution in [2.45, 2.75) is 39.0 Å². The first kappa shape index (κ1) is 19.4. The van der Waals surface area contributed by atoms with Crippen LogP contribution in [0.4, 0.5) is 0 Å². The molecule has 1 amide bonds. The van der Waals surface area contributed by atoms with E-state index in [9.17, 15) is 4.79 Å². The van der Waals surface area contributed by atoms with Crippen LogP contribution in [0.25, 0.3) is 11.1 Å².